The maximum absolute atomic E-state index is 0. The van der Waals surface area contributed by atoms with Crippen molar-refractivity contribution in [2.75, 3.05) is 0 Å². The van der Waals surface area contributed by atoms with E-state index in [1.54, 1.807) is 0 Å². The maximum atomic E-state index is 0. The molecule has 0 bridgehead atoms. The molecule has 0 saturated heterocycles. The Bertz CT molecular complexity index is 3.25. The summed E-state index contributed by atoms with van der Waals surface area (Å²) >= 11 is 0. The van der Waals surface area contributed by atoms with Gasteiger partial charge in [0.05, 0.1) is 0 Å². The summed E-state index contributed by atoms with van der Waals surface area (Å²) < 4.78 is 0. The first-order valence-corrected chi connectivity index (χ1v) is 0. The summed E-state index contributed by atoms with van der Waals surface area (Å²) in [5.41, 5.74) is 0. The van der Waals surface area contributed by atoms with Gasteiger partial charge in [-0.15, -0.1) is 0 Å². The Morgan fingerprint density at radius 3 is 0.500 bits per heavy atom. The minimum atomic E-state index is 0. The van der Waals surface area contributed by atoms with E-state index in [1.165, 1.54) is 0 Å². The predicted octanol–water partition coefficient (Wildman–Crippen LogP) is -0.388. The minimum absolute atomic E-state index is 0. The van der Waals surface area contributed by atoms with Crippen molar-refractivity contribution < 1.29 is 63.2 Å². The van der Waals surface area contributed by atoms with Gasteiger partial charge in [0.25, 0.3) is 0 Å². The van der Waals surface area contributed by atoms with Gasteiger partial charge >= 0.3 is 0 Å². The first-order valence-electron chi connectivity index (χ1n) is 0. The van der Waals surface area contributed by atoms with Gasteiger partial charge in [0.2, 0.25) is 0 Å². The SMILES string of the molecule is [Sn].[W].[W].[W]. The summed E-state index contributed by atoms with van der Waals surface area (Å²) in [6.45, 7) is 0. The Balaban J connectivity index is 0. The van der Waals surface area contributed by atoms with Gasteiger partial charge in [0.1, 0.15) is 0 Å². The van der Waals surface area contributed by atoms with Crippen LogP contribution in [0.5, 0.6) is 0 Å². The first kappa shape index (κ1) is 28.8. The van der Waals surface area contributed by atoms with E-state index in [1.807, 2.05) is 0 Å². The van der Waals surface area contributed by atoms with Gasteiger partial charge in [-0.2, -0.15) is 0 Å². The fourth-order valence-electron chi connectivity index (χ4n) is 0. The normalized spacial score (nSPS) is 0. The van der Waals surface area contributed by atoms with Gasteiger partial charge in [0, 0.05) is 87.1 Å². The summed E-state index contributed by atoms with van der Waals surface area (Å²) in [6.07, 6.45) is 0. The second-order valence-corrected chi connectivity index (χ2v) is 0. The van der Waals surface area contributed by atoms with Gasteiger partial charge in [0.15, 0.2) is 0 Å². The van der Waals surface area contributed by atoms with Crippen molar-refractivity contribution in [3.05, 3.63) is 0 Å². The maximum Gasteiger partial charge on any atom is 0 e. The van der Waals surface area contributed by atoms with E-state index in [4.69, 9.17) is 0 Å². The second-order valence-electron chi connectivity index (χ2n) is 0. The summed E-state index contributed by atoms with van der Waals surface area (Å²) in [6, 6.07) is 0. The summed E-state index contributed by atoms with van der Waals surface area (Å²) in [7, 11) is 0. The molecule has 0 unspecified atom stereocenters. The van der Waals surface area contributed by atoms with Crippen LogP contribution < -0.4 is 0 Å². The van der Waals surface area contributed by atoms with Gasteiger partial charge < -0.3 is 0 Å². The molecule has 0 spiro atoms. The molecule has 0 aromatic carbocycles. The molecular formula is SnW3. The van der Waals surface area contributed by atoms with Crippen LogP contribution in [0.25, 0.3) is 0 Å². The van der Waals surface area contributed by atoms with Crippen molar-refractivity contribution in [2.45, 2.75) is 0 Å². The van der Waals surface area contributed by atoms with Gasteiger partial charge in [-0.1, -0.05) is 0 Å². The van der Waals surface area contributed by atoms with E-state index in [2.05, 4.69) is 0 Å². The Morgan fingerprint density at radius 2 is 0.500 bits per heavy atom. The summed E-state index contributed by atoms with van der Waals surface area (Å²) in [4.78, 5) is 0. The van der Waals surface area contributed by atoms with Crippen LogP contribution in [-0.2, 0) is 63.2 Å². The van der Waals surface area contributed by atoms with E-state index in [0.717, 1.165) is 0 Å². The zero-order chi connectivity index (χ0) is 0. The van der Waals surface area contributed by atoms with E-state index < -0.39 is 0 Å². The number of hydrogen-bond donors (Lipinski definition) is 0. The van der Waals surface area contributed by atoms with Gasteiger partial charge in [-0.05, 0) is 0 Å². The van der Waals surface area contributed by atoms with E-state index in [9.17, 15) is 0 Å². The van der Waals surface area contributed by atoms with Crippen LogP contribution in [0.2, 0.25) is 0 Å². The van der Waals surface area contributed by atoms with Crippen molar-refractivity contribution in [1.82, 2.24) is 0 Å². The van der Waals surface area contributed by atoms with Gasteiger partial charge in [-0.25, -0.2) is 0 Å². The zero-order valence-corrected chi connectivity index (χ0v) is 13.4. The fraction of sp³-hybridized carbons (Fsp3) is 0. The van der Waals surface area contributed by atoms with Crippen LogP contribution in [0, 0.1) is 0 Å². The van der Waals surface area contributed by atoms with Crippen molar-refractivity contribution in [1.29, 1.82) is 0 Å². The third-order valence-electron chi connectivity index (χ3n) is 0. The van der Waals surface area contributed by atoms with Crippen LogP contribution in [0.15, 0.2) is 0 Å². The van der Waals surface area contributed by atoms with E-state index in [0.29, 0.717) is 0 Å². The van der Waals surface area contributed by atoms with Crippen LogP contribution in [0.4, 0.5) is 0 Å². The van der Waals surface area contributed by atoms with Crippen LogP contribution >= 0.6 is 0 Å². The Hall–Kier alpha value is 2.86. The average Bonchev–Trinajstić information content (AvgIpc) is 0. The molecule has 0 saturated carbocycles. The molecule has 0 nitrogen and oxygen atoms in total. The minimum Gasteiger partial charge on any atom is 0 e. The molecule has 0 rings (SSSR count). The standard InChI is InChI=1S/Sn.3W. The monoisotopic (exact) mass is 672 g/mol. The Kier molecular flexibility index (Phi) is 122. The third-order valence-corrected chi connectivity index (χ3v) is 0. The molecule has 0 fully saturated rings. The number of rotatable bonds is 0. The van der Waals surface area contributed by atoms with Crippen LogP contribution in [-0.4, -0.2) is 23.9 Å². The fourth-order valence-corrected chi connectivity index (χ4v) is 0. The molecule has 4 heavy (non-hydrogen) atoms. The summed E-state index contributed by atoms with van der Waals surface area (Å²) in [5.74, 6) is 0. The Labute approximate surface area is 85.6 Å². The molecule has 0 amide bonds. The third kappa shape index (κ3) is 8.85. The molecule has 0 aliphatic rings. The molecule has 0 heterocycles. The van der Waals surface area contributed by atoms with Gasteiger partial charge in [-0.3, -0.25) is 0 Å². The van der Waals surface area contributed by atoms with E-state index >= 15 is 0 Å². The van der Waals surface area contributed by atoms with Crippen LogP contribution in [0.1, 0.15) is 0 Å². The molecule has 0 aliphatic carbocycles. The zero-order valence-electron chi connectivity index (χ0n) is 1.72. The molecule has 4 heteroatoms. The van der Waals surface area contributed by atoms with Crippen molar-refractivity contribution >= 4 is 23.9 Å². The smallest absolute Gasteiger partial charge is 0 e. The molecule has 0 N–H and O–H groups in total. The first-order chi connectivity index (χ1) is 0. The molecule has 0 atom stereocenters. The van der Waals surface area contributed by atoms with E-state index in [-0.39, 0.29) is 87.1 Å². The number of hydrogen-bond acceptors (Lipinski definition) is 0. The summed E-state index contributed by atoms with van der Waals surface area (Å²) in [5, 5.41) is 0. The van der Waals surface area contributed by atoms with Crippen molar-refractivity contribution in [3.8, 4) is 0 Å². The topological polar surface area (TPSA) is 0 Å². The van der Waals surface area contributed by atoms with Crippen molar-refractivity contribution in [2.24, 2.45) is 0 Å². The largest absolute Gasteiger partial charge is 0 e. The predicted molar refractivity (Wildman–Crippen MR) is 5.75 cm³/mol. The molecule has 22 valence electrons. The molecular weight excluding hydrogens is 670 g/mol. The molecule has 0 aromatic heterocycles. The quantitative estimate of drug-likeness (QED) is 0.309. The average molecular weight is 670 g/mol. The van der Waals surface area contributed by atoms with Crippen LogP contribution in [0.3, 0.4) is 0 Å². The molecule has 0 aromatic rings. The molecule has 4 radical (unpaired) electrons. The second kappa shape index (κ2) is 16.9. The Morgan fingerprint density at radius 1 is 0.500 bits per heavy atom. The van der Waals surface area contributed by atoms with Crippen molar-refractivity contribution in [3.63, 3.8) is 0 Å². The molecule has 0 aliphatic heterocycles.